The molecule has 0 aliphatic carbocycles. The summed E-state index contributed by atoms with van der Waals surface area (Å²) in [5.74, 6) is -0.461. The van der Waals surface area contributed by atoms with E-state index < -0.39 is 17.5 Å². The lowest BCUT2D eigenvalue weighted by Gasteiger charge is -2.37. The van der Waals surface area contributed by atoms with E-state index in [1.165, 1.54) is 0 Å². The Balaban J connectivity index is 2.30. The van der Waals surface area contributed by atoms with E-state index in [-0.39, 0.29) is 17.9 Å². The predicted octanol–water partition coefficient (Wildman–Crippen LogP) is 4.68. The minimum absolute atomic E-state index is 0.0121. The van der Waals surface area contributed by atoms with Crippen molar-refractivity contribution < 1.29 is 18.7 Å². The van der Waals surface area contributed by atoms with Crippen LogP contribution in [0.3, 0.4) is 0 Å². The van der Waals surface area contributed by atoms with Crippen LogP contribution in [0, 0.1) is 5.82 Å². The van der Waals surface area contributed by atoms with Crippen molar-refractivity contribution in [3.05, 3.63) is 23.5 Å². The molecule has 1 N–H and O–H groups in total. The Kier molecular flexibility index (Phi) is 6.32. The van der Waals surface area contributed by atoms with Crippen LogP contribution in [-0.4, -0.2) is 37.0 Å². The third kappa shape index (κ3) is 5.57. The first-order valence-corrected chi connectivity index (χ1v) is 9.50. The topological polar surface area (TPSA) is 50.8 Å². The van der Waals surface area contributed by atoms with Crippen LogP contribution in [0.1, 0.15) is 40.2 Å². The van der Waals surface area contributed by atoms with Gasteiger partial charge in [-0.3, -0.25) is 5.32 Å². The van der Waals surface area contributed by atoms with E-state index in [1.807, 2.05) is 18.7 Å². The standard InChI is InChI=1S/C18H26BrFN2O3/c1-11-9-22(10-12(2)24-11)15-7-13(8-19)6-14(16(15)20)21-17(23)25-18(3,4)5/h6-7,11-12H,8-10H2,1-5H3,(H,21,23)/t11-,12+. The van der Waals surface area contributed by atoms with Gasteiger partial charge in [0.2, 0.25) is 0 Å². The zero-order valence-corrected chi connectivity index (χ0v) is 16.9. The van der Waals surface area contributed by atoms with E-state index >= 15 is 4.39 Å². The Hall–Kier alpha value is -1.34. The van der Waals surface area contributed by atoms with Gasteiger partial charge >= 0.3 is 6.09 Å². The zero-order valence-electron chi connectivity index (χ0n) is 15.4. The fourth-order valence-electron chi connectivity index (χ4n) is 2.85. The molecular weight excluding hydrogens is 391 g/mol. The zero-order chi connectivity index (χ0) is 18.8. The van der Waals surface area contributed by atoms with Gasteiger partial charge in [-0.25, -0.2) is 9.18 Å². The molecule has 1 aromatic carbocycles. The number of anilines is 2. The fraction of sp³-hybridized carbons (Fsp3) is 0.611. The van der Waals surface area contributed by atoms with Crippen LogP contribution >= 0.6 is 15.9 Å². The maximum absolute atomic E-state index is 15.1. The van der Waals surface area contributed by atoms with Crippen molar-refractivity contribution in [2.75, 3.05) is 23.3 Å². The summed E-state index contributed by atoms with van der Waals surface area (Å²) in [4.78, 5) is 14.0. The van der Waals surface area contributed by atoms with E-state index in [2.05, 4.69) is 21.2 Å². The maximum Gasteiger partial charge on any atom is 0.412 e. The minimum atomic E-state index is -0.673. The van der Waals surface area contributed by atoms with Crippen LogP contribution in [0.5, 0.6) is 0 Å². The quantitative estimate of drug-likeness (QED) is 0.726. The molecule has 5 nitrogen and oxygen atoms in total. The van der Waals surface area contributed by atoms with Crippen molar-refractivity contribution in [3.63, 3.8) is 0 Å². The van der Waals surface area contributed by atoms with Gasteiger partial charge in [0.15, 0.2) is 5.82 Å². The van der Waals surface area contributed by atoms with E-state index in [0.29, 0.717) is 24.1 Å². The molecule has 1 aliphatic heterocycles. The van der Waals surface area contributed by atoms with Crippen molar-refractivity contribution in [3.8, 4) is 0 Å². The monoisotopic (exact) mass is 416 g/mol. The summed E-state index contributed by atoms with van der Waals surface area (Å²) in [6, 6.07) is 3.42. The van der Waals surface area contributed by atoms with Gasteiger partial charge in [0, 0.05) is 18.4 Å². The average molecular weight is 417 g/mol. The van der Waals surface area contributed by atoms with Crippen LogP contribution in [0.15, 0.2) is 12.1 Å². The SMILES string of the molecule is C[C@@H]1CN(c2cc(CBr)cc(NC(=O)OC(C)(C)C)c2F)C[C@H](C)O1. The van der Waals surface area contributed by atoms with Gasteiger partial charge in [0.05, 0.1) is 23.6 Å². The first-order chi connectivity index (χ1) is 11.6. The number of morpholine rings is 1. The van der Waals surface area contributed by atoms with Gasteiger partial charge in [0.25, 0.3) is 0 Å². The minimum Gasteiger partial charge on any atom is -0.444 e. The molecule has 0 radical (unpaired) electrons. The Morgan fingerprint density at radius 1 is 1.36 bits per heavy atom. The van der Waals surface area contributed by atoms with Crippen molar-refractivity contribution in [2.24, 2.45) is 0 Å². The summed E-state index contributed by atoms with van der Waals surface area (Å²) in [6.45, 7) is 10.4. The van der Waals surface area contributed by atoms with Crippen molar-refractivity contribution in [1.82, 2.24) is 0 Å². The molecule has 7 heteroatoms. The highest BCUT2D eigenvalue weighted by Gasteiger charge is 2.26. The van der Waals surface area contributed by atoms with E-state index in [4.69, 9.17) is 9.47 Å². The van der Waals surface area contributed by atoms with Crippen molar-refractivity contribution in [2.45, 2.75) is 57.8 Å². The predicted molar refractivity (Wildman–Crippen MR) is 101 cm³/mol. The molecule has 25 heavy (non-hydrogen) atoms. The molecule has 2 rings (SSSR count). The number of amides is 1. The lowest BCUT2D eigenvalue weighted by molar-refractivity contribution is -0.00540. The number of carbonyl (C=O) groups is 1. The van der Waals surface area contributed by atoms with Gasteiger partial charge in [0.1, 0.15) is 5.60 Å². The normalized spacial score (nSPS) is 21.2. The molecule has 1 heterocycles. The molecule has 1 aromatic rings. The Morgan fingerprint density at radius 3 is 2.48 bits per heavy atom. The Labute approximate surface area is 157 Å². The highest BCUT2D eigenvalue weighted by atomic mass is 79.9. The smallest absolute Gasteiger partial charge is 0.412 e. The third-order valence-corrected chi connectivity index (χ3v) is 4.31. The average Bonchev–Trinajstić information content (AvgIpc) is 2.46. The number of ether oxygens (including phenoxy) is 2. The number of benzene rings is 1. The van der Waals surface area contributed by atoms with Crippen LogP contribution in [0.25, 0.3) is 0 Å². The number of nitrogens with one attached hydrogen (secondary N) is 1. The molecular formula is C18H26BrFN2O3. The van der Waals surface area contributed by atoms with E-state index in [1.54, 1.807) is 32.9 Å². The van der Waals surface area contributed by atoms with Crippen LogP contribution in [-0.2, 0) is 14.8 Å². The van der Waals surface area contributed by atoms with Crippen molar-refractivity contribution >= 4 is 33.4 Å². The van der Waals surface area contributed by atoms with Crippen LogP contribution in [0.2, 0.25) is 0 Å². The second-order valence-corrected chi connectivity index (χ2v) is 7.96. The maximum atomic E-state index is 15.1. The largest absolute Gasteiger partial charge is 0.444 e. The molecule has 0 saturated carbocycles. The highest BCUT2D eigenvalue weighted by Crippen LogP contribution is 2.31. The molecule has 1 aliphatic rings. The lowest BCUT2D eigenvalue weighted by atomic mass is 10.1. The third-order valence-electron chi connectivity index (χ3n) is 3.66. The molecule has 2 atom stereocenters. The number of halogens is 2. The molecule has 0 unspecified atom stereocenters. The highest BCUT2D eigenvalue weighted by molar-refractivity contribution is 9.08. The summed E-state index contributed by atoms with van der Waals surface area (Å²) in [5, 5.41) is 3.08. The molecule has 1 fully saturated rings. The van der Waals surface area contributed by atoms with Gasteiger partial charge in [-0.1, -0.05) is 15.9 Å². The summed E-state index contributed by atoms with van der Waals surface area (Å²) >= 11 is 3.40. The first kappa shape index (κ1) is 20.0. The van der Waals surface area contributed by atoms with Gasteiger partial charge < -0.3 is 14.4 Å². The van der Waals surface area contributed by atoms with Crippen molar-refractivity contribution in [1.29, 1.82) is 0 Å². The van der Waals surface area contributed by atoms with E-state index in [9.17, 15) is 4.79 Å². The Bertz CT molecular complexity index is 623. The number of alkyl halides is 1. The number of carbonyl (C=O) groups excluding carboxylic acids is 1. The molecule has 0 spiro atoms. The fourth-order valence-corrected chi connectivity index (χ4v) is 3.18. The number of hydrogen-bond acceptors (Lipinski definition) is 4. The summed E-state index contributed by atoms with van der Waals surface area (Å²) in [6.07, 6.45) is -0.649. The number of rotatable bonds is 3. The second-order valence-electron chi connectivity index (χ2n) is 7.40. The second kappa shape index (κ2) is 7.91. The molecule has 1 saturated heterocycles. The molecule has 1 amide bonds. The molecule has 0 aromatic heterocycles. The summed E-state index contributed by atoms with van der Waals surface area (Å²) in [7, 11) is 0. The lowest BCUT2D eigenvalue weighted by Crippen LogP contribution is -2.46. The Morgan fingerprint density at radius 2 is 1.96 bits per heavy atom. The van der Waals surface area contributed by atoms with Gasteiger partial charge in [-0.15, -0.1) is 0 Å². The first-order valence-electron chi connectivity index (χ1n) is 8.38. The van der Waals surface area contributed by atoms with Crippen LogP contribution in [0.4, 0.5) is 20.6 Å². The van der Waals surface area contributed by atoms with Gasteiger partial charge in [-0.2, -0.15) is 0 Å². The van der Waals surface area contributed by atoms with E-state index in [0.717, 1.165) is 5.56 Å². The van der Waals surface area contributed by atoms with Gasteiger partial charge in [-0.05, 0) is 52.3 Å². The number of hydrogen-bond donors (Lipinski definition) is 1. The summed E-state index contributed by atoms with van der Waals surface area (Å²) < 4.78 is 26.0. The molecule has 0 bridgehead atoms. The van der Waals surface area contributed by atoms with Crippen LogP contribution < -0.4 is 10.2 Å². The number of nitrogens with zero attached hydrogens (tertiary/aromatic N) is 1. The molecule has 140 valence electrons. The summed E-state index contributed by atoms with van der Waals surface area (Å²) in [5.41, 5.74) is 0.804.